The van der Waals surface area contributed by atoms with E-state index < -0.39 is 23.9 Å². The van der Waals surface area contributed by atoms with Crippen LogP contribution >= 0.6 is 11.6 Å². The lowest BCUT2D eigenvalue weighted by Gasteiger charge is -2.14. The van der Waals surface area contributed by atoms with E-state index in [9.17, 15) is 14.4 Å². The van der Waals surface area contributed by atoms with Crippen molar-refractivity contribution in [3.8, 4) is 12.3 Å². The maximum atomic E-state index is 12.9. The third-order valence-electron chi connectivity index (χ3n) is 4.00. The van der Waals surface area contributed by atoms with Gasteiger partial charge < -0.3 is 4.74 Å². The van der Waals surface area contributed by atoms with Crippen molar-refractivity contribution in [1.29, 1.82) is 0 Å². The number of carbonyl (C=O) groups is 3. The summed E-state index contributed by atoms with van der Waals surface area (Å²) in [5.41, 5.74) is 2.01. The molecule has 5 nitrogen and oxygen atoms in total. The maximum absolute atomic E-state index is 12.9. The number of rotatable bonds is 3. The molecule has 6 heteroatoms. The third kappa shape index (κ3) is 3.76. The van der Waals surface area contributed by atoms with Crippen LogP contribution in [0.5, 0.6) is 0 Å². The number of nitrogens with zero attached hydrogens (tertiary/aromatic N) is 1. The summed E-state index contributed by atoms with van der Waals surface area (Å²) in [6.07, 6.45) is 5.12. The Morgan fingerprint density at radius 3 is 2.37 bits per heavy atom. The van der Waals surface area contributed by atoms with Crippen LogP contribution in [0.4, 0.5) is 5.69 Å². The van der Waals surface area contributed by atoms with Gasteiger partial charge in [-0.15, -0.1) is 6.42 Å². The van der Waals surface area contributed by atoms with Crippen molar-refractivity contribution in [2.24, 2.45) is 0 Å². The molecule has 0 aliphatic carbocycles. The highest BCUT2D eigenvalue weighted by atomic mass is 35.5. The Bertz CT molecular complexity index is 984. The summed E-state index contributed by atoms with van der Waals surface area (Å²) < 4.78 is 5.05. The first-order valence-corrected chi connectivity index (χ1v) is 8.38. The second kappa shape index (κ2) is 7.48. The standard InChI is InChI=1S/C21H14ClNO4/c1-3-18(24)27-19-17(12-14-6-8-15(22)9-7-14)20(25)23(21(19)26)16-10-4-13(2)5-11-16/h1,4-12,19H,2H3/b17-12+. The van der Waals surface area contributed by atoms with Crippen LogP contribution in [0.25, 0.3) is 6.08 Å². The molecule has 2 amide bonds. The molecule has 1 aliphatic rings. The third-order valence-corrected chi connectivity index (χ3v) is 4.26. The number of hydrogen-bond acceptors (Lipinski definition) is 4. The smallest absolute Gasteiger partial charge is 0.385 e. The van der Waals surface area contributed by atoms with Crippen LogP contribution in [0.15, 0.2) is 54.1 Å². The van der Waals surface area contributed by atoms with Crippen LogP contribution in [-0.4, -0.2) is 23.9 Å². The number of terminal acetylenes is 1. The summed E-state index contributed by atoms with van der Waals surface area (Å²) >= 11 is 5.87. The van der Waals surface area contributed by atoms with Crippen LogP contribution in [0.1, 0.15) is 11.1 Å². The van der Waals surface area contributed by atoms with Crippen molar-refractivity contribution in [3.05, 3.63) is 70.3 Å². The topological polar surface area (TPSA) is 63.7 Å². The molecule has 1 unspecified atom stereocenters. The Morgan fingerprint density at radius 2 is 1.78 bits per heavy atom. The summed E-state index contributed by atoms with van der Waals surface area (Å²) in [5.74, 6) is -0.475. The van der Waals surface area contributed by atoms with Gasteiger partial charge in [0.25, 0.3) is 11.8 Å². The highest BCUT2D eigenvalue weighted by Crippen LogP contribution is 2.30. The summed E-state index contributed by atoms with van der Waals surface area (Å²) in [5, 5.41) is 0.530. The number of esters is 1. The molecule has 0 saturated carbocycles. The zero-order chi connectivity index (χ0) is 19.6. The van der Waals surface area contributed by atoms with Crippen molar-refractivity contribution in [1.82, 2.24) is 0 Å². The van der Waals surface area contributed by atoms with E-state index in [2.05, 4.69) is 0 Å². The largest absolute Gasteiger partial charge is 0.437 e. The van der Waals surface area contributed by atoms with Gasteiger partial charge in [0.2, 0.25) is 6.10 Å². The second-order valence-electron chi connectivity index (χ2n) is 5.90. The van der Waals surface area contributed by atoms with E-state index in [1.807, 2.05) is 6.92 Å². The Kier molecular flexibility index (Phi) is 5.11. The number of benzene rings is 2. The van der Waals surface area contributed by atoms with Crippen LogP contribution in [-0.2, 0) is 19.1 Å². The summed E-state index contributed by atoms with van der Waals surface area (Å²) in [4.78, 5) is 38.3. The van der Waals surface area contributed by atoms with Gasteiger partial charge in [0.15, 0.2) is 0 Å². The van der Waals surface area contributed by atoms with Crippen molar-refractivity contribution >= 4 is 41.1 Å². The van der Waals surface area contributed by atoms with Crippen LogP contribution in [0.3, 0.4) is 0 Å². The van der Waals surface area contributed by atoms with E-state index in [-0.39, 0.29) is 5.57 Å². The van der Waals surface area contributed by atoms with E-state index in [1.54, 1.807) is 54.5 Å². The zero-order valence-corrected chi connectivity index (χ0v) is 15.1. The molecular weight excluding hydrogens is 366 g/mol. The molecule has 1 saturated heterocycles. The number of hydrogen-bond donors (Lipinski definition) is 0. The van der Waals surface area contributed by atoms with E-state index in [1.165, 1.54) is 6.08 Å². The molecule has 1 fully saturated rings. The number of aryl methyl sites for hydroxylation is 1. The summed E-state index contributed by atoms with van der Waals surface area (Å²) in [6, 6.07) is 13.5. The molecule has 1 atom stereocenters. The predicted octanol–water partition coefficient (Wildman–Crippen LogP) is 3.15. The van der Waals surface area contributed by atoms with Gasteiger partial charge in [0, 0.05) is 10.9 Å². The van der Waals surface area contributed by atoms with Crippen molar-refractivity contribution in [3.63, 3.8) is 0 Å². The average Bonchev–Trinajstić information content (AvgIpc) is 2.88. The summed E-state index contributed by atoms with van der Waals surface area (Å²) in [6.45, 7) is 1.89. The molecule has 1 heterocycles. The lowest BCUT2D eigenvalue weighted by atomic mass is 10.1. The molecule has 1 aliphatic heterocycles. The summed E-state index contributed by atoms with van der Waals surface area (Å²) in [7, 11) is 0. The molecule has 0 aromatic heterocycles. The molecule has 0 N–H and O–H groups in total. The number of imide groups is 1. The van der Waals surface area contributed by atoms with Crippen LogP contribution in [0.2, 0.25) is 5.02 Å². The molecule has 0 spiro atoms. The maximum Gasteiger partial charge on any atom is 0.385 e. The van der Waals surface area contributed by atoms with E-state index in [4.69, 9.17) is 22.8 Å². The molecule has 2 aromatic rings. The SMILES string of the molecule is C#CC(=O)OC1C(=O)N(c2ccc(C)cc2)C(=O)/C1=C/c1ccc(Cl)cc1. The Hall–Kier alpha value is -3.36. The lowest BCUT2D eigenvalue weighted by molar-refractivity contribution is -0.145. The van der Waals surface area contributed by atoms with Gasteiger partial charge in [-0.25, -0.2) is 9.69 Å². The highest BCUT2D eigenvalue weighted by Gasteiger charge is 2.46. The van der Waals surface area contributed by atoms with Crippen LogP contribution in [0, 0.1) is 19.3 Å². The van der Waals surface area contributed by atoms with Gasteiger partial charge >= 0.3 is 5.97 Å². The van der Waals surface area contributed by atoms with Crippen molar-refractivity contribution in [2.45, 2.75) is 13.0 Å². The molecule has 0 radical (unpaired) electrons. The monoisotopic (exact) mass is 379 g/mol. The van der Waals surface area contributed by atoms with E-state index in [0.29, 0.717) is 16.3 Å². The van der Waals surface area contributed by atoms with Gasteiger partial charge in [-0.1, -0.05) is 41.4 Å². The molecule has 0 bridgehead atoms. The minimum absolute atomic E-state index is 0.0199. The van der Waals surface area contributed by atoms with Gasteiger partial charge in [-0.2, -0.15) is 0 Å². The number of carbonyl (C=O) groups excluding carboxylic acids is 3. The Balaban J connectivity index is 2.05. The highest BCUT2D eigenvalue weighted by molar-refractivity contribution is 6.32. The Morgan fingerprint density at radius 1 is 1.15 bits per heavy atom. The molecule has 3 rings (SSSR count). The predicted molar refractivity (Wildman–Crippen MR) is 102 cm³/mol. The fourth-order valence-electron chi connectivity index (χ4n) is 2.66. The molecular formula is C21H14ClNO4. The minimum Gasteiger partial charge on any atom is -0.437 e. The molecule has 27 heavy (non-hydrogen) atoms. The number of halogens is 1. The number of anilines is 1. The fourth-order valence-corrected chi connectivity index (χ4v) is 2.79. The lowest BCUT2D eigenvalue weighted by Crippen LogP contribution is -2.33. The van der Waals surface area contributed by atoms with Gasteiger partial charge in [-0.3, -0.25) is 9.59 Å². The Labute approximate surface area is 161 Å². The van der Waals surface area contributed by atoms with Crippen molar-refractivity contribution in [2.75, 3.05) is 4.90 Å². The zero-order valence-electron chi connectivity index (χ0n) is 14.3. The first-order valence-electron chi connectivity index (χ1n) is 8.00. The quantitative estimate of drug-likeness (QED) is 0.270. The minimum atomic E-state index is -1.40. The van der Waals surface area contributed by atoms with Crippen molar-refractivity contribution < 1.29 is 19.1 Å². The van der Waals surface area contributed by atoms with Gasteiger partial charge in [0.1, 0.15) is 0 Å². The number of amides is 2. The van der Waals surface area contributed by atoms with Gasteiger partial charge in [0.05, 0.1) is 11.3 Å². The molecule has 2 aromatic carbocycles. The van der Waals surface area contributed by atoms with Crippen LogP contribution < -0.4 is 4.90 Å². The van der Waals surface area contributed by atoms with E-state index >= 15 is 0 Å². The fraction of sp³-hybridized carbons (Fsp3) is 0.0952. The van der Waals surface area contributed by atoms with Gasteiger partial charge in [-0.05, 0) is 42.8 Å². The first kappa shape index (κ1) is 18.4. The van der Waals surface area contributed by atoms with E-state index in [0.717, 1.165) is 10.5 Å². The second-order valence-corrected chi connectivity index (χ2v) is 6.33. The normalized spacial score (nSPS) is 17.9. The average molecular weight is 380 g/mol. The number of ether oxygens (including phenoxy) is 1. The first-order chi connectivity index (χ1) is 12.9. The molecule has 134 valence electrons.